The van der Waals surface area contributed by atoms with Gasteiger partial charge in [0.1, 0.15) is 6.61 Å². The SMILES string of the molecule is CCCCC/C=C\C/C=C\CCCCCCCCCC(=O)OC[C@@H](COCCCCCCCCCCCCCCCCCC)OC(=O)CCC/C=C\C/C=C\C/C=C\CCCCCCCC. The number of hydrogen-bond acceptors (Lipinski definition) is 5. The molecule has 0 aromatic carbocycles. The van der Waals surface area contributed by atoms with Crippen molar-refractivity contribution < 1.29 is 23.8 Å². The molecule has 384 valence electrons. The van der Waals surface area contributed by atoms with Crippen molar-refractivity contribution in [2.24, 2.45) is 0 Å². The summed E-state index contributed by atoms with van der Waals surface area (Å²) in [5.74, 6) is -0.454. The highest BCUT2D eigenvalue weighted by atomic mass is 16.6. The highest BCUT2D eigenvalue weighted by Crippen LogP contribution is 2.15. The van der Waals surface area contributed by atoms with E-state index in [1.807, 2.05) is 0 Å². The van der Waals surface area contributed by atoms with Crippen LogP contribution in [0, 0.1) is 0 Å². The smallest absolute Gasteiger partial charge is 0.306 e. The number of rotatable bonds is 53. The molecule has 0 heterocycles. The second kappa shape index (κ2) is 56.9. The van der Waals surface area contributed by atoms with E-state index in [4.69, 9.17) is 14.2 Å². The van der Waals surface area contributed by atoms with Crippen LogP contribution in [0.25, 0.3) is 0 Å². The summed E-state index contributed by atoms with van der Waals surface area (Å²) < 4.78 is 17.4. The maximum Gasteiger partial charge on any atom is 0.306 e. The summed E-state index contributed by atoms with van der Waals surface area (Å²) in [6.07, 6.45) is 72.4. The van der Waals surface area contributed by atoms with E-state index in [1.165, 1.54) is 193 Å². The Morgan fingerprint density at radius 3 is 1.09 bits per heavy atom. The number of hydrogen-bond donors (Lipinski definition) is 0. The predicted octanol–water partition coefficient (Wildman–Crippen LogP) is 19.7. The summed E-state index contributed by atoms with van der Waals surface area (Å²) in [7, 11) is 0. The summed E-state index contributed by atoms with van der Waals surface area (Å²) in [6, 6.07) is 0. The van der Waals surface area contributed by atoms with Crippen LogP contribution in [-0.4, -0.2) is 37.9 Å². The Kier molecular flexibility index (Phi) is 54.9. The largest absolute Gasteiger partial charge is 0.462 e. The van der Waals surface area contributed by atoms with Gasteiger partial charge in [-0.1, -0.05) is 255 Å². The summed E-state index contributed by atoms with van der Waals surface area (Å²) in [5.41, 5.74) is 0. The van der Waals surface area contributed by atoms with Crippen molar-refractivity contribution in [1.82, 2.24) is 0 Å². The average Bonchev–Trinajstić information content (AvgIpc) is 3.32. The van der Waals surface area contributed by atoms with Gasteiger partial charge in [-0.25, -0.2) is 0 Å². The molecule has 5 nitrogen and oxygen atoms in total. The van der Waals surface area contributed by atoms with Gasteiger partial charge in [0.2, 0.25) is 0 Å². The van der Waals surface area contributed by atoms with Gasteiger partial charge in [-0.05, 0) is 83.5 Å². The van der Waals surface area contributed by atoms with Crippen LogP contribution in [0.15, 0.2) is 60.8 Å². The Labute approximate surface area is 411 Å². The fourth-order valence-corrected chi connectivity index (χ4v) is 8.20. The van der Waals surface area contributed by atoms with E-state index in [2.05, 4.69) is 81.5 Å². The summed E-state index contributed by atoms with van der Waals surface area (Å²) in [6.45, 7) is 7.78. The van der Waals surface area contributed by atoms with Crippen LogP contribution in [0.4, 0.5) is 0 Å². The van der Waals surface area contributed by atoms with Gasteiger partial charge in [0.05, 0.1) is 6.61 Å². The van der Waals surface area contributed by atoms with Crippen LogP contribution < -0.4 is 0 Å². The molecule has 1 atom stereocenters. The molecule has 0 unspecified atom stereocenters. The first kappa shape index (κ1) is 63.6. The molecule has 0 N–H and O–H groups in total. The average molecular weight is 924 g/mol. The van der Waals surface area contributed by atoms with E-state index in [1.54, 1.807) is 0 Å². The maximum absolute atomic E-state index is 12.8. The topological polar surface area (TPSA) is 61.8 Å². The van der Waals surface area contributed by atoms with Crippen LogP contribution in [0.3, 0.4) is 0 Å². The first-order chi connectivity index (χ1) is 32.6. The van der Waals surface area contributed by atoms with Crippen molar-refractivity contribution >= 4 is 11.9 Å². The van der Waals surface area contributed by atoms with Crippen molar-refractivity contribution in [3.05, 3.63) is 60.8 Å². The molecule has 0 saturated heterocycles. The molecule has 0 amide bonds. The molecule has 66 heavy (non-hydrogen) atoms. The van der Waals surface area contributed by atoms with Crippen molar-refractivity contribution in [3.8, 4) is 0 Å². The molecule has 0 fully saturated rings. The molecule has 0 aromatic rings. The van der Waals surface area contributed by atoms with Crippen molar-refractivity contribution in [2.45, 2.75) is 297 Å². The van der Waals surface area contributed by atoms with E-state index in [0.717, 1.165) is 64.2 Å². The Morgan fingerprint density at radius 2 is 0.652 bits per heavy atom. The number of esters is 2. The van der Waals surface area contributed by atoms with Crippen LogP contribution in [0.1, 0.15) is 290 Å². The minimum Gasteiger partial charge on any atom is -0.462 e. The van der Waals surface area contributed by atoms with Gasteiger partial charge in [-0.3, -0.25) is 9.59 Å². The highest BCUT2D eigenvalue weighted by molar-refractivity contribution is 5.70. The van der Waals surface area contributed by atoms with Crippen LogP contribution in [0.2, 0.25) is 0 Å². The van der Waals surface area contributed by atoms with Gasteiger partial charge < -0.3 is 14.2 Å². The number of carbonyl (C=O) groups is 2. The molecule has 0 saturated carbocycles. The molecule has 0 aliphatic carbocycles. The Bertz CT molecular complexity index is 1130. The van der Waals surface area contributed by atoms with Gasteiger partial charge >= 0.3 is 11.9 Å². The molecular weight excluding hydrogens is 813 g/mol. The van der Waals surface area contributed by atoms with Gasteiger partial charge in [0.15, 0.2) is 6.10 Å². The van der Waals surface area contributed by atoms with E-state index in [9.17, 15) is 9.59 Å². The van der Waals surface area contributed by atoms with Gasteiger partial charge in [-0.2, -0.15) is 0 Å². The number of carbonyl (C=O) groups excluding carboxylic acids is 2. The quantitative estimate of drug-likeness (QED) is 0.0346. The first-order valence-corrected chi connectivity index (χ1v) is 28.8. The standard InChI is InChI=1S/C61H110O5/c1-4-7-10-13-16-19-22-25-28-31-33-36-39-42-45-48-51-54-60(62)65-58-59(57-64-56-53-50-47-44-41-38-35-30-27-24-21-18-15-12-9-6-3)66-61(63)55-52-49-46-43-40-37-34-32-29-26-23-20-17-14-11-8-5-2/h16,19,25-26,28-29,34,37,43,46,59H,4-15,17-18,20-24,27,30-33,35-36,38-42,44-45,47-58H2,1-3H3/b19-16-,28-25-,29-26-,37-34-,46-43-/t59-/m1/s1. The molecule has 0 aliphatic heterocycles. The third kappa shape index (κ3) is 54.2. The van der Waals surface area contributed by atoms with E-state index in [-0.39, 0.29) is 25.2 Å². The lowest BCUT2D eigenvalue weighted by Crippen LogP contribution is -2.30. The Morgan fingerprint density at radius 1 is 0.333 bits per heavy atom. The van der Waals surface area contributed by atoms with Crippen LogP contribution >= 0.6 is 0 Å². The molecule has 0 aliphatic rings. The molecular formula is C61H110O5. The molecule has 0 radical (unpaired) electrons. The zero-order valence-corrected chi connectivity index (χ0v) is 44.2. The normalized spacial score (nSPS) is 12.6. The summed E-state index contributed by atoms with van der Waals surface area (Å²) >= 11 is 0. The van der Waals surface area contributed by atoms with E-state index >= 15 is 0 Å². The second-order valence-corrected chi connectivity index (χ2v) is 19.2. The van der Waals surface area contributed by atoms with Gasteiger partial charge in [0.25, 0.3) is 0 Å². The third-order valence-corrected chi connectivity index (χ3v) is 12.5. The summed E-state index contributed by atoms with van der Waals surface area (Å²) in [5, 5.41) is 0. The molecule has 0 aromatic heterocycles. The Hall–Kier alpha value is -2.40. The fourth-order valence-electron chi connectivity index (χ4n) is 8.20. The van der Waals surface area contributed by atoms with Crippen LogP contribution in [-0.2, 0) is 23.8 Å². The number of ether oxygens (including phenoxy) is 3. The molecule has 0 bridgehead atoms. The monoisotopic (exact) mass is 923 g/mol. The van der Waals surface area contributed by atoms with Gasteiger partial charge in [0, 0.05) is 19.4 Å². The molecule has 5 heteroatoms. The first-order valence-electron chi connectivity index (χ1n) is 28.8. The minimum absolute atomic E-state index is 0.0632. The number of unbranched alkanes of at least 4 members (excludes halogenated alkanes) is 32. The van der Waals surface area contributed by atoms with Crippen molar-refractivity contribution in [3.63, 3.8) is 0 Å². The minimum atomic E-state index is -0.565. The Balaban J connectivity index is 4.34. The molecule has 0 spiro atoms. The predicted molar refractivity (Wildman–Crippen MR) is 288 cm³/mol. The number of allylic oxidation sites excluding steroid dienone is 10. The zero-order chi connectivity index (χ0) is 47.7. The van der Waals surface area contributed by atoms with Crippen LogP contribution in [0.5, 0.6) is 0 Å². The van der Waals surface area contributed by atoms with E-state index in [0.29, 0.717) is 19.4 Å². The molecule has 0 rings (SSSR count). The zero-order valence-electron chi connectivity index (χ0n) is 44.2. The lowest BCUT2D eigenvalue weighted by Gasteiger charge is -2.18. The lowest BCUT2D eigenvalue weighted by atomic mass is 10.0. The lowest BCUT2D eigenvalue weighted by molar-refractivity contribution is -0.162. The summed E-state index contributed by atoms with van der Waals surface area (Å²) in [4.78, 5) is 25.5. The third-order valence-electron chi connectivity index (χ3n) is 12.5. The highest BCUT2D eigenvalue weighted by Gasteiger charge is 2.17. The van der Waals surface area contributed by atoms with Crippen molar-refractivity contribution in [2.75, 3.05) is 19.8 Å². The van der Waals surface area contributed by atoms with Crippen molar-refractivity contribution in [1.29, 1.82) is 0 Å². The second-order valence-electron chi connectivity index (χ2n) is 19.2. The van der Waals surface area contributed by atoms with E-state index < -0.39 is 6.10 Å². The van der Waals surface area contributed by atoms with Gasteiger partial charge in [-0.15, -0.1) is 0 Å². The fraction of sp³-hybridized carbons (Fsp3) is 0.803. The maximum atomic E-state index is 12.8.